The van der Waals surface area contributed by atoms with Crippen LogP contribution in [0.3, 0.4) is 0 Å². The van der Waals surface area contributed by atoms with Crippen LogP contribution in [0.25, 0.3) is 78.0 Å². The van der Waals surface area contributed by atoms with E-state index in [4.69, 9.17) is 17.9 Å². The van der Waals surface area contributed by atoms with Crippen molar-refractivity contribution in [1.82, 2.24) is 14.1 Å². The normalized spacial score (nSPS) is 14.8. The first-order valence-electron chi connectivity index (χ1n) is 30.4. The summed E-state index contributed by atoms with van der Waals surface area (Å²) in [6.07, 6.45) is 0.451. The first-order chi connectivity index (χ1) is 41.2. The molecular formula is C70H56BN5OPt-2. The molecule has 8 heteroatoms. The number of aromatic nitrogens is 3. The number of benzene rings is 9. The summed E-state index contributed by atoms with van der Waals surface area (Å²) in [7, 11) is 0. The molecule has 0 N–H and O–H groups in total. The molecule has 0 aliphatic carbocycles. The minimum atomic E-state index is -2.43. The van der Waals surface area contributed by atoms with Crippen LogP contribution in [0.15, 0.2) is 194 Å². The van der Waals surface area contributed by atoms with Gasteiger partial charge >= 0.3 is 400 Å². The Hall–Kier alpha value is -8.25. The van der Waals surface area contributed by atoms with Crippen molar-refractivity contribution in [1.29, 1.82) is 0 Å². The number of hydrogen-bond donors (Lipinski definition) is 0. The topological polar surface area (TPSA) is 38.5 Å². The van der Waals surface area contributed by atoms with Crippen LogP contribution < -0.4 is 19.8 Å². The maximum absolute atomic E-state index is 10.5. The summed E-state index contributed by atoms with van der Waals surface area (Å²) in [5.74, 6) is 1.51. The Labute approximate surface area is 479 Å². The van der Waals surface area contributed by atoms with Crippen molar-refractivity contribution < 1.29 is 35.1 Å². The Morgan fingerprint density at radius 1 is 0.654 bits per heavy atom. The number of rotatable bonds is 9. The molecule has 0 spiro atoms. The summed E-state index contributed by atoms with van der Waals surface area (Å²) < 4.78 is 84.0. The SMILES string of the molecule is [2H]c1c(CC(C)C)c([2H])c(-c2cc(-c3ccccc3)cc(C(C)(C)C)c2)c(-n2[c](=[Pt])n(-c3[c-]c(Oc4ccc5c(n4)N4B6c7c-5cccc7-c5c(cccc5C([2H])([2H])[2H])N6c5ccc[c-]c54)ccc3)c3ccccc32)c1-c1cccc(C([2H])([2H])[2H])c1. The van der Waals surface area contributed by atoms with E-state index in [9.17, 15) is 2.74 Å². The maximum atomic E-state index is 10.5. The van der Waals surface area contributed by atoms with Crippen LogP contribution in [0.5, 0.6) is 11.6 Å². The van der Waals surface area contributed by atoms with Crippen molar-refractivity contribution in [3.8, 4) is 78.6 Å². The molecule has 3 aliphatic rings. The van der Waals surface area contributed by atoms with Gasteiger partial charge in [-0.15, -0.1) is 6.07 Å². The van der Waals surface area contributed by atoms with Gasteiger partial charge in [0, 0.05) is 15.4 Å². The third-order valence-corrected chi connectivity index (χ3v) is 16.2. The Kier molecular flexibility index (Phi) is 9.48. The van der Waals surface area contributed by atoms with Crippen molar-refractivity contribution in [2.24, 2.45) is 5.92 Å². The van der Waals surface area contributed by atoms with E-state index in [1.807, 2.05) is 121 Å². The number of fused-ring (bicyclic) bond motifs is 10. The molecule has 5 heterocycles. The Morgan fingerprint density at radius 2 is 1.38 bits per heavy atom. The molecular weight excluding hydrogens is 1130 g/mol. The molecule has 0 atom stereocenters. The molecule has 0 radical (unpaired) electrons. The predicted molar refractivity (Wildman–Crippen MR) is 318 cm³/mol. The summed E-state index contributed by atoms with van der Waals surface area (Å²) >= 11 is 2.34. The molecule has 6 nitrogen and oxygen atoms in total. The van der Waals surface area contributed by atoms with E-state index in [-0.39, 0.29) is 36.0 Å². The molecule has 11 aromatic rings. The number of imidazole rings is 1. The number of ether oxygens (including phenoxy) is 1. The van der Waals surface area contributed by atoms with Crippen LogP contribution in [-0.2, 0) is 31.2 Å². The quantitative estimate of drug-likeness (QED) is 0.107. The molecule has 3 aliphatic heterocycles. The molecule has 0 unspecified atom stereocenters. The van der Waals surface area contributed by atoms with Crippen molar-refractivity contribution in [3.63, 3.8) is 0 Å². The zero-order valence-electron chi connectivity index (χ0n) is 51.6. The van der Waals surface area contributed by atoms with Gasteiger partial charge in [0.2, 0.25) is 0 Å². The van der Waals surface area contributed by atoms with Gasteiger partial charge in [-0.1, -0.05) is 24.3 Å². The third kappa shape index (κ3) is 7.80. The van der Waals surface area contributed by atoms with E-state index in [1.165, 1.54) is 0 Å². The van der Waals surface area contributed by atoms with Gasteiger partial charge < -0.3 is 0 Å². The Morgan fingerprint density at radius 3 is 2.19 bits per heavy atom. The van der Waals surface area contributed by atoms with Gasteiger partial charge in [0.15, 0.2) is 0 Å². The first kappa shape index (κ1) is 40.0. The average Bonchev–Trinajstić information content (AvgIpc) is 1.45. The van der Waals surface area contributed by atoms with E-state index >= 15 is 0 Å². The number of pyridine rings is 1. The van der Waals surface area contributed by atoms with E-state index in [1.54, 1.807) is 24.3 Å². The molecule has 14 rings (SSSR count). The number of para-hydroxylation sites is 3. The van der Waals surface area contributed by atoms with Gasteiger partial charge in [0.05, 0.1) is 0 Å². The Balaban J connectivity index is 0.954. The number of nitrogens with zero attached hydrogens (tertiary/aromatic N) is 5. The Bertz CT molecular complexity index is 4680. The standard InChI is InChI=1S/C70H56BN5O.Pt/c1-44(2)35-47-37-58(49-23-15-19-45(3)36-49)68(59(38-47)51-39-50(48-21-9-8-10-22-48)40-52(41-51)70(5,6)7)74-43-73(60-28-11-12-29-61(60)74)53-24-17-25-54(42-53)77-65-34-33-56-55-26-18-27-57-66-46(4)20-16-32-64(66)75-62-30-13-14-31-63(62)76(69(56)72-65)71(75)67(55)57;/h8-30,32-34,36-41,44H,35H2,1-7H3;/q-2;/i3D3,4D3,37D,38D;. The molecule has 0 bridgehead atoms. The molecule has 0 saturated carbocycles. The first-order valence-corrected chi connectivity index (χ1v) is 27.5. The monoisotopic (exact) mass is 1200 g/mol. The van der Waals surface area contributed by atoms with Crippen LogP contribution in [0, 0.1) is 35.6 Å². The fourth-order valence-electron chi connectivity index (χ4n) is 11.8. The van der Waals surface area contributed by atoms with Gasteiger partial charge in [-0.3, -0.25) is 0 Å². The summed E-state index contributed by atoms with van der Waals surface area (Å²) in [6, 6.07) is 66.5. The van der Waals surface area contributed by atoms with Crippen LogP contribution in [0.2, 0.25) is 0 Å². The molecule has 78 heavy (non-hydrogen) atoms. The molecule has 0 amide bonds. The second kappa shape index (κ2) is 18.5. The second-order valence-corrected chi connectivity index (χ2v) is 22.8. The summed E-state index contributed by atoms with van der Waals surface area (Å²) in [5.41, 5.74) is 16.1. The number of aryl methyl sites for hydroxylation is 2. The summed E-state index contributed by atoms with van der Waals surface area (Å²) in [4.78, 5) is 9.72. The average molecular weight is 1200 g/mol. The molecule has 2 aromatic heterocycles. The van der Waals surface area contributed by atoms with Crippen LogP contribution in [0.4, 0.5) is 22.9 Å². The zero-order valence-corrected chi connectivity index (χ0v) is 45.9. The fourth-order valence-corrected chi connectivity index (χ4v) is 12.9. The molecule has 0 fully saturated rings. The number of anilines is 4. The van der Waals surface area contributed by atoms with E-state index in [0.29, 0.717) is 72.4 Å². The van der Waals surface area contributed by atoms with Gasteiger partial charge in [0.25, 0.3) is 0 Å². The predicted octanol–water partition coefficient (Wildman–Crippen LogP) is 17.0. The van der Waals surface area contributed by atoms with E-state index in [2.05, 4.69) is 121 Å². The van der Waals surface area contributed by atoms with Crippen LogP contribution in [0.1, 0.15) is 67.8 Å². The van der Waals surface area contributed by atoms with Crippen molar-refractivity contribution in [3.05, 3.63) is 232 Å². The molecule has 0 saturated heterocycles. The van der Waals surface area contributed by atoms with Crippen molar-refractivity contribution in [2.45, 2.75) is 60.2 Å². The van der Waals surface area contributed by atoms with Gasteiger partial charge in [0.1, 0.15) is 0 Å². The van der Waals surface area contributed by atoms with Crippen LogP contribution >= 0.6 is 0 Å². The van der Waals surface area contributed by atoms with E-state index < -0.39 is 13.7 Å². The fraction of sp³-hybridized carbons (Fsp3) is 0.143. The third-order valence-electron chi connectivity index (χ3n) is 15.2. The summed E-state index contributed by atoms with van der Waals surface area (Å²) in [6.45, 7) is 5.62. The minimum absolute atomic E-state index is 0.0942. The van der Waals surface area contributed by atoms with E-state index in [0.717, 1.165) is 72.5 Å². The van der Waals surface area contributed by atoms with Crippen molar-refractivity contribution >= 4 is 46.4 Å². The van der Waals surface area contributed by atoms with Gasteiger partial charge in [-0.05, 0) is 24.0 Å². The van der Waals surface area contributed by atoms with Gasteiger partial charge in [-0.2, -0.15) is 12.1 Å². The number of hydrogen-bond acceptors (Lipinski definition) is 4. The summed E-state index contributed by atoms with van der Waals surface area (Å²) in [5, 5.41) is 0. The molecule has 9 aromatic carbocycles. The second-order valence-electron chi connectivity index (χ2n) is 21.8. The van der Waals surface area contributed by atoms with Gasteiger partial charge in [-0.25, -0.2) is 0 Å². The van der Waals surface area contributed by atoms with Crippen LogP contribution in [-0.4, -0.2) is 21.1 Å². The molecule has 382 valence electrons. The zero-order chi connectivity index (χ0) is 59.9. The van der Waals surface area contributed by atoms with Crippen molar-refractivity contribution in [2.75, 3.05) is 9.62 Å².